The van der Waals surface area contributed by atoms with Crippen molar-refractivity contribution in [1.29, 1.82) is 0 Å². The minimum atomic E-state index is 0.297. The van der Waals surface area contributed by atoms with E-state index < -0.39 is 0 Å². The molecule has 0 saturated heterocycles. The highest BCUT2D eigenvalue weighted by Crippen LogP contribution is 2.38. The molecule has 0 aliphatic heterocycles. The molecule has 1 atom stereocenters. The number of aromatic nitrogens is 2. The maximum atomic E-state index is 5.58. The third-order valence-electron chi connectivity index (χ3n) is 3.78. The maximum absolute atomic E-state index is 5.58. The van der Waals surface area contributed by atoms with Crippen molar-refractivity contribution in [3.63, 3.8) is 0 Å². The highest BCUT2D eigenvalue weighted by Gasteiger charge is 2.35. The molecule has 1 aliphatic carbocycles. The first-order valence-electron chi connectivity index (χ1n) is 6.90. The molecule has 6 nitrogen and oxygen atoms in total. The van der Waals surface area contributed by atoms with Crippen LogP contribution in [0.2, 0.25) is 0 Å². The van der Waals surface area contributed by atoms with Crippen LogP contribution in [0.3, 0.4) is 0 Å². The number of hydrogen-bond acceptors (Lipinski definition) is 6. The lowest BCUT2D eigenvalue weighted by atomic mass is 9.87. The number of methoxy groups -OCH3 is 1. The van der Waals surface area contributed by atoms with Gasteiger partial charge >= 0.3 is 6.01 Å². The minimum Gasteiger partial charge on any atom is -0.407 e. The summed E-state index contributed by atoms with van der Waals surface area (Å²) in [4.78, 5) is 0. The van der Waals surface area contributed by atoms with E-state index in [0.29, 0.717) is 36.5 Å². The van der Waals surface area contributed by atoms with Gasteiger partial charge in [0.25, 0.3) is 0 Å². The van der Waals surface area contributed by atoms with E-state index in [1.807, 2.05) is 0 Å². The monoisotopic (exact) mass is 268 g/mol. The predicted molar refractivity (Wildman–Crippen MR) is 72.9 cm³/mol. The van der Waals surface area contributed by atoms with Crippen LogP contribution in [0.15, 0.2) is 4.42 Å². The summed E-state index contributed by atoms with van der Waals surface area (Å²) in [6.07, 6.45) is 3.66. The van der Waals surface area contributed by atoms with Gasteiger partial charge in [-0.2, -0.15) is 0 Å². The number of rotatable bonds is 7. The van der Waals surface area contributed by atoms with E-state index in [-0.39, 0.29) is 0 Å². The fourth-order valence-electron chi connectivity index (χ4n) is 2.50. The Balaban J connectivity index is 1.80. The molecule has 1 unspecified atom stereocenters. The summed E-state index contributed by atoms with van der Waals surface area (Å²) >= 11 is 0. The lowest BCUT2D eigenvalue weighted by molar-refractivity contribution is 0.198. The summed E-state index contributed by atoms with van der Waals surface area (Å²) in [5.41, 5.74) is 0.297. The predicted octanol–water partition coefficient (Wildman–Crippen LogP) is 1.80. The van der Waals surface area contributed by atoms with Crippen LogP contribution in [0.4, 0.5) is 6.01 Å². The first-order chi connectivity index (χ1) is 9.12. The van der Waals surface area contributed by atoms with Crippen molar-refractivity contribution in [2.45, 2.75) is 45.7 Å². The zero-order valence-corrected chi connectivity index (χ0v) is 12.0. The van der Waals surface area contributed by atoms with Gasteiger partial charge in [0.2, 0.25) is 5.89 Å². The Morgan fingerprint density at radius 2 is 2.26 bits per heavy atom. The highest BCUT2D eigenvalue weighted by molar-refractivity contribution is 5.22. The van der Waals surface area contributed by atoms with Crippen molar-refractivity contribution in [3.05, 3.63) is 5.89 Å². The zero-order valence-electron chi connectivity index (χ0n) is 12.0. The molecule has 0 bridgehead atoms. The second-order valence-corrected chi connectivity index (χ2v) is 5.75. The van der Waals surface area contributed by atoms with Crippen LogP contribution in [0.25, 0.3) is 0 Å². The van der Waals surface area contributed by atoms with E-state index >= 15 is 0 Å². The van der Waals surface area contributed by atoms with Gasteiger partial charge in [-0.15, -0.1) is 5.10 Å². The summed E-state index contributed by atoms with van der Waals surface area (Å²) < 4.78 is 10.5. The Morgan fingerprint density at radius 1 is 1.42 bits per heavy atom. The topological polar surface area (TPSA) is 72.2 Å². The summed E-state index contributed by atoms with van der Waals surface area (Å²) in [6.45, 7) is 6.58. The second-order valence-electron chi connectivity index (χ2n) is 5.75. The number of nitrogens with one attached hydrogen (secondary N) is 2. The second kappa shape index (κ2) is 6.34. The molecule has 0 spiro atoms. The molecule has 0 aromatic carbocycles. The molecule has 1 aromatic heterocycles. The van der Waals surface area contributed by atoms with Crippen LogP contribution in [-0.4, -0.2) is 36.5 Å². The molecule has 108 valence electrons. The summed E-state index contributed by atoms with van der Waals surface area (Å²) in [5, 5.41) is 14.6. The van der Waals surface area contributed by atoms with Crippen LogP contribution in [0.5, 0.6) is 0 Å². The first-order valence-corrected chi connectivity index (χ1v) is 6.90. The Morgan fingerprint density at radius 3 is 2.95 bits per heavy atom. The van der Waals surface area contributed by atoms with E-state index in [2.05, 4.69) is 34.7 Å². The lowest BCUT2D eigenvalue weighted by Gasteiger charge is -2.26. The Bertz CT molecular complexity index is 392. The van der Waals surface area contributed by atoms with E-state index in [1.165, 1.54) is 12.8 Å². The molecule has 1 aromatic rings. The normalized spacial score (nSPS) is 21.7. The zero-order chi connectivity index (χ0) is 13.7. The summed E-state index contributed by atoms with van der Waals surface area (Å²) in [7, 11) is 1.68. The summed E-state index contributed by atoms with van der Waals surface area (Å²) in [6, 6.07) is 0.950. The number of anilines is 1. The molecule has 1 saturated carbocycles. The number of nitrogens with zero attached hydrogens (tertiary/aromatic N) is 2. The minimum absolute atomic E-state index is 0.297. The van der Waals surface area contributed by atoms with Crippen LogP contribution in [0.1, 0.15) is 39.0 Å². The third-order valence-corrected chi connectivity index (χ3v) is 3.78. The molecule has 2 rings (SSSR count). The molecule has 6 heteroatoms. The Hall–Kier alpha value is -1.14. The average Bonchev–Trinajstić information content (AvgIpc) is 2.93. The van der Waals surface area contributed by atoms with Gasteiger partial charge in [0, 0.05) is 19.7 Å². The summed E-state index contributed by atoms with van der Waals surface area (Å²) in [5.74, 6) is 0.606. The van der Waals surface area contributed by atoms with Crippen molar-refractivity contribution in [1.82, 2.24) is 15.5 Å². The van der Waals surface area contributed by atoms with Crippen molar-refractivity contribution >= 4 is 6.01 Å². The molecule has 0 amide bonds. The van der Waals surface area contributed by atoms with Gasteiger partial charge in [-0.1, -0.05) is 25.4 Å². The first kappa shape index (κ1) is 14.3. The van der Waals surface area contributed by atoms with E-state index in [9.17, 15) is 0 Å². The van der Waals surface area contributed by atoms with Gasteiger partial charge in [-0.25, -0.2) is 0 Å². The Kier molecular flexibility index (Phi) is 4.76. The molecule has 1 heterocycles. The van der Waals surface area contributed by atoms with Crippen molar-refractivity contribution in [3.8, 4) is 0 Å². The van der Waals surface area contributed by atoms with Crippen molar-refractivity contribution < 1.29 is 9.15 Å². The quantitative estimate of drug-likeness (QED) is 0.735. The maximum Gasteiger partial charge on any atom is 0.315 e. The van der Waals surface area contributed by atoms with Gasteiger partial charge in [0.05, 0.1) is 13.2 Å². The SMILES string of the molecule is COCCNCc1nnc(NC2CCCC2(C)C)o1. The van der Waals surface area contributed by atoms with Crippen molar-refractivity contribution in [2.24, 2.45) is 5.41 Å². The van der Waals surface area contributed by atoms with Crippen LogP contribution < -0.4 is 10.6 Å². The fraction of sp³-hybridized carbons (Fsp3) is 0.846. The third kappa shape index (κ3) is 3.91. The van der Waals surface area contributed by atoms with Crippen LogP contribution in [-0.2, 0) is 11.3 Å². The standard InChI is InChI=1S/C13H24N4O2/c1-13(2)6-4-5-10(13)15-12-17-16-11(19-12)9-14-7-8-18-3/h10,14H,4-9H2,1-3H3,(H,15,17). The average molecular weight is 268 g/mol. The Labute approximate surface area is 114 Å². The largest absolute Gasteiger partial charge is 0.407 e. The van der Waals surface area contributed by atoms with Gasteiger partial charge in [0.1, 0.15) is 0 Å². The fourth-order valence-corrected chi connectivity index (χ4v) is 2.50. The molecule has 19 heavy (non-hydrogen) atoms. The smallest absolute Gasteiger partial charge is 0.315 e. The molecule has 1 fully saturated rings. The molecule has 0 radical (unpaired) electrons. The van der Waals surface area contributed by atoms with Gasteiger partial charge in [-0.3, -0.25) is 0 Å². The lowest BCUT2D eigenvalue weighted by Crippen LogP contribution is -2.30. The molecule has 1 aliphatic rings. The van der Waals surface area contributed by atoms with E-state index in [1.54, 1.807) is 7.11 Å². The number of hydrogen-bond donors (Lipinski definition) is 2. The van der Waals surface area contributed by atoms with Crippen LogP contribution in [0, 0.1) is 5.41 Å². The highest BCUT2D eigenvalue weighted by atomic mass is 16.5. The van der Waals surface area contributed by atoms with Gasteiger partial charge in [0.15, 0.2) is 0 Å². The molecular weight excluding hydrogens is 244 g/mol. The van der Waals surface area contributed by atoms with Crippen LogP contribution >= 0.6 is 0 Å². The van der Waals surface area contributed by atoms with Crippen molar-refractivity contribution in [2.75, 3.05) is 25.6 Å². The van der Waals surface area contributed by atoms with Gasteiger partial charge in [-0.05, 0) is 18.3 Å². The van der Waals surface area contributed by atoms with E-state index in [0.717, 1.165) is 13.0 Å². The van der Waals surface area contributed by atoms with E-state index in [4.69, 9.17) is 9.15 Å². The molecule has 2 N–H and O–H groups in total. The number of ether oxygens (including phenoxy) is 1. The molecular formula is C13H24N4O2. The van der Waals surface area contributed by atoms with Gasteiger partial charge < -0.3 is 19.8 Å².